The third-order valence-electron chi connectivity index (χ3n) is 5.00. The molecule has 134 valence electrons. The first-order chi connectivity index (χ1) is 13.1. The van der Waals surface area contributed by atoms with Crippen molar-refractivity contribution in [2.75, 3.05) is 5.32 Å². The minimum atomic E-state index is -0.0874. The number of nitrogens with one attached hydrogen (secondary N) is 2. The quantitative estimate of drug-likeness (QED) is 0.490. The molecule has 3 nitrogen and oxygen atoms in total. The molecule has 27 heavy (non-hydrogen) atoms. The monoisotopic (exact) mass is 354 g/mol. The predicted molar refractivity (Wildman–Crippen MR) is 111 cm³/mol. The van der Waals surface area contributed by atoms with Crippen LogP contribution in [-0.2, 0) is 6.42 Å². The summed E-state index contributed by atoms with van der Waals surface area (Å²) in [6.45, 7) is 4.25. The number of rotatable bonds is 4. The smallest absolute Gasteiger partial charge is 0.255 e. The molecule has 0 radical (unpaired) electrons. The van der Waals surface area contributed by atoms with Crippen LogP contribution in [0.3, 0.4) is 0 Å². The van der Waals surface area contributed by atoms with Crippen LogP contribution in [0.5, 0.6) is 0 Å². The van der Waals surface area contributed by atoms with Crippen LogP contribution in [0, 0.1) is 13.8 Å². The Morgan fingerprint density at radius 3 is 2.48 bits per heavy atom. The fourth-order valence-electron chi connectivity index (χ4n) is 3.40. The van der Waals surface area contributed by atoms with Crippen molar-refractivity contribution < 1.29 is 4.79 Å². The Morgan fingerprint density at radius 2 is 1.67 bits per heavy atom. The van der Waals surface area contributed by atoms with E-state index >= 15 is 0 Å². The highest BCUT2D eigenvalue weighted by Crippen LogP contribution is 2.24. The highest BCUT2D eigenvalue weighted by Gasteiger charge is 2.09. The number of amides is 1. The number of hydrogen-bond acceptors (Lipinski definition) is 1. The molecule has 1 aromatic heterocycles. The van der Waals surface area contributed by atoms with Gasteiger partial charge in [0, 0.05) is 27.8 Å². The number of benzene rings is 3. The Hall–Kier alpha value is -3.33. The van der Waals surface area contributed by atoms with E-state index < -0.39 is 0 Å². The second-order valence-corrected chi connectivity index (χ2v) is 6.95. The number of fused-ring (bicyclic) bond motifs is 1. The van der Waals surface area contributed by atoms with Crippen molar-refractivity contribution in [1.29, 1.82) is 0 Å². The van der Waals surface area contributed by atoms with Crippen LogP contribution in [0.15, 0.2) is 72.8 Å². The summed E-state index contributed by atoms with van der Waals surface area (Å²) in [6.07, 6.45) is 0.798. The van der Waals surface area contributed by atoms with E-state index in [4.69, 9.17) is 0 Å². The van der Waals surface area contributed by atoms with E-state index in [1.807, 2.05) is 48.5 Å². The summed E-state index contributed by atoms with van der Waals surface area (Å²) < 4.78 is 0. The van der Waals surface area contributed by atoms with Crippen molar-refractivity contribution in [2.45, 2.75) is 20.3 Å². The van der Waals surface area contributed by atoms with Crippen LogP contribution in [-0.4, -0.2) is 10.9 Å². The Balaban J connectivity index is 1.56. The lowest BCUT2D eigenvalue weighted by Crippen LogP contribution is -2.12. The standard InChI is InChI=1S/C24H22N2O/c1-16-17(2)25-23-12-11-19(15-22(16)23)13-18-7-6-8-20(14-18)24(27)26-21-9-4-3-5-10-21/h3-12,14-15,25H,13H2,1-2H3,(H,26,27). The van der Waals surface area contributed by atoms with Crippen molar-refractivity contribution in [2.24, 2.45) is 0 Å². The lowest BCUT2D eigenvalue weighted by Gasteiger charge is -2.08. The molecule has 0 aliphatic heterocycles. The van der Waals surface area contributed by atoms with Crippen LogP contribution < -0.4 is 5.32 Å². The topological polar surface area (TPSA) is 44.9 Å². The molecule has 0 atom stereocenters. The molecule has 0 saturated heterocycles. The summed E-state index contributed by atoms with van der Waals surface area (Å²) >= 11 is 0. The van der Waals surface area contributed by atoms with Gasteiger partial charge in [0.25, 0.3) is 5.91 Å². The van der Waals surface area contributed by atoms with E-state index in [0.29, 0.717) is 5.56 Å². The highest BCUT2D eigenvalue weighted by molar-refractivity contribution is 6.04. The van der Waals surface area contributed by atoms with Gasteiger partial charge in [0.05, 0.1) is 0 Å². The fourth-order valence-corrected chi connectivity index (χ4v) is 3.40. The molecule has 0 bridgehead atoms. The van der Waals surface area contributed by atoms with Gasteiger partial charge in [-0.1, -0.05) is 36.4 Å². The SMILES string of the molecule is Cc1[nH]c2ccc(Cc3cccc(C(=O)Nc4ccccc4)c3)cc2c1C. The summed E-state index contributed by atoms with van der Waals surface area (Å²) in [5, 5.41) is 4.21. The highest BCUT2D eigenvalue weighted by atomic mass is 16.1. The van der Waals surface area contributed by atoms with E-state index in [2.05, 4.69) is 48.4 Å². The van der Waals surface area contributed by atoms with E-state index in [0.717, 1.165) is 17.7 Å². The van der Waals surface area contributed by atoms with Gasteiger partial charge in [0.15, 0.2) is 0 Å². The minimum Gasteiger partial charge on any atom is -0.358 e. The Morgan fingerprint density at radius 1 is 0.889 bits per heavy atom. The second kappa shape index (κ2) is 7.12. The van der Waals surface area contributed by atoms with Crippen LogP contribution in [0.25, 0.3) is 10.9 Å². The average molecular weight is 354 g/mol. The van der Waals surface area contributed by atoms with Gasteiger partial charge in [-0.05, 0) is 73.4 Å². The molecule has 3 heteroatoms. The predicted octanol–water partition coefficient (Wildman–Crippen LogP) is 5.63. The molecule has 0 saturated carbocycles. The largest absolute Gasteiger partial charge is 0.358 e. The molecule has 3 aromatic carbocycles. The molecule has 0 spiro atoms. The number of anilines is 1. The van der Waals surface area contributed by atoms with Crippen LogP contribution in [0.4, 0.5) is 5.69 Å². The third kappa shape index (κ3) is 3.63. The molecule has 4 rings (SSSR count). The lowest BCUT2D eigenvalue weighted by molar-refractivity contribution is 0.102. The van der Waals surface area contributed by atoms with Gasteiger partial charge in [-0.15, -0.1) is 0 Å². The van der Waals surface area contributed by atoms with E-state index in [9.17, 15) is 4.79 Å². The second-order valence-electron chi connectivity index (χ2n) is 6.95. The van der Waals surface area contributed by atoms with Crippen molar-refractivity contribution in [3.05, 3.63) is 101 Å². The molecule has 0 unspecified atom stereocenters. The minimum absolute atomic E-state index is 0.0874. The van der Waals surface area contributed by atoms with E-state index in [1.165, 1.54) is 27.7 Å². The lowest BCUT2D eigenvalue weighted by atomic mass is 10.0. The molecule has 0 fully saturated rings. The molecule has 1 heterocycles. The van der Waals surface area contributed by atoms with Crippen molar-refractivity contribution in [1.82, 2.24) is 4.98 Å². The average Bonchev–Trinajstić information content (AvgIpc) is 2.97. The molecule has 4 aromatic rings. The summed E-state index contributed by atoms with van der Waals surface area (Å²) in [7, 11) is 0. The first kappa shape index (κ1) is 17.1. The maximum atomic E-state index is 12.5. The molecule has 0 aliphatic rings. The summed E-state index contributed by atoms with van der Waals surface area (Å²) in [6, 6.07) is 23.9. The number of aryl methyl sites for hydroxylation is 2. The zero-order valence-electron chi connectivity index (χ0n) is 15.5. The molecule has 2 N–H and O–H groups in total. The molecular formula is C24H22N2O. The maximum absolute atomic E-state index is 12.5. The number of carbonyl (C=O) groups is 1. The van der Waals surface area contributed by atoms with Gasteiger partial charge in [-0.25, -0.2) is 0 Å². The van der Waals surface area contributed by atoms with Crippen molar-refractivity contribution in [3.8, 4) is 0 Å². The van der Waals surface area contributed by atoms with E-state index in [1.54, 1.807) is 0 Å². The van der Waals surface area contributed by atoms with Crippen LogP contribution in [0.1, 0.15) is 32.7 Å². The number of aromatic amines is 1. The van der Waals surface area contributed by atoms with Gasteiger partial charge in [-0.2, -0.15) is 0 Å². The third-order valence-corrected chi connectivity index (χ3v) is 5.00. The first-order valence-corrected chi connectivity index (χ1v) is 9.13. The van der Waals surface area contributed by atoms with Gasteiger partial charge < -0.3 is 10.3 Å². The zero-order valence-corrected chi connectivity index (χ0v) is 15.5. The number of carbonyl (C=O) groups excluding carboxylic acids is 1. The first-order valence-electron chi connectivity index (χ1n) is 9.13. The molecule has 0 aliphatic carbocycles. The summed E-state index contributed by atoms with van der Waals surface area (Å²) in [4.78, 5) is 15.9. The number of aromatic nitrogens is 1. The van der Waals surface area contributed by atoms with Gasteiger partial charge in [-0.3, -0.25) is 4.79 Å². The normalized spacial score (nSPS) is 10.9. The Labute approximate surface area is 159 Å². The maximum Gasteiger partial charge on any atom is 0.255 e. The van der Waals surface area contributed by atoms with Gasteiger partial charge in [0.2, 0.25) is 0 Å². The summed E-state index contributed by atoms with van der Waals surface area (Å²) in [5.41, 5.74) is 7.52. The number of H-pyrrole nitrogens is 1. The number of para-hydroxylation sites is 1. The van der Waals surface area contributed by atoms with Gasteiger partial charge in [0.1, 0.15) is 0 Å². The Bertz CT molecular complexity index is 1110. The number of hydrogen-bond donors (Lipinski definition) is 2. The molecular weight excluding hydrogens is 332 g/mol. The zero-order chi connectivity index (χ0) is 18.8. The summed E-state index contributed by atoms with van der Waals surface area (Å²) in [5.74, 6) is -0.0874. The van der Waals surface area contributed by atoms with Gasteiger partial charge >= 0.3 is 0 Å². The van der Waals surface area contributed by atoms with E-state index in [-0.39, 0.29) is 5.91 Å². The van der Waals surface area contributed by atoms with Crippen LogP contribution in [0.2, 0.25) is 0 Å². The Kier molecular flexibility index (Phi) is 4.51. The molecule has 1 amide bonds. The fraction of sp³-hybridized carbons (Fsp3) is 0.125. The van der Waals surface area contributed by atoms with Crippen LogP contribution >= 0.6 is 0 Å². The van der Waals surface area contributed by atoms with Crippen molar-refractivity contribution >= 4 is 22.5 Å². The van der Waals surface area contributed by atoms with Crippen molar-refractivity contribution in [3.63, 3.8) is 0 Å².